The van der Waals surface area contributed by atoms with E-state index in [2.05, 4.69) is 0 Å². The average Bonchev–Trinajstić information content (AvgIpc) is 2.80. The summed E-state index contributed by atoms with van der Waals surface area (Å²) >= 11 is 12.1. The normalized spacial score (nSPS) is 11.2. The highest BCUT2D eigenvalue weighted by atomic mass is 35.5. The van der Waals surface area contributed by atoms with Crippen molar-refractivity contribution in [3.8, 4) is 0 Å². The van der Waals surface area contributed by atoms with Gasteiger partial charge in [0.05, 0.1) is 6.54 Å². The molecule has 3 aromatic rings. The average molecular weight is 323 g/mol. The second-order valence-electron chi connectivity index (χ2n) is 4.85. The minimum Gasteiger partial charge on any atom is -0.343 e. The number of hydrogen-bond acceptors (Lipinski definition) is 1. The molecule has 0 unspecified atom stereocenters. The number of nitrogens with two attached hydrogens (primary N) is 1. The first-order valence-electron chi connectivity index (χ1n) is 6.50. The van der Waals surface area contributed by atoms with Gasteiger partial charge in [0.25, 0.3) is 0 Å². The first-order chi connectivity index (χ1) is 10.1. The molecule has 2 aromatic carbocycles. The molecule has 5 heteroatoms. The van der Waals surface area contributed by atoms with Crippen molar-refractivity contribution in [3.63, 3.8) is 0 Å². The van der Waals surface area contributed by atoms with E-state index in [4.69, 9.17) is 28.9 Å². The van der Waals surface area contributed by atoms with Gasteiger partial charge in [0.1, 0.15) is 5.82 Å². The Morgan fingerprint density at radius 3 is 2.67 bits per heavy atom. The van der Waals surface area contributed by atoms with Crippen molar-refractivity contribution in [3.05, 3.63) is 69.6 Å². The number of fused-ring (bicyclic) bond motifs is 1. The fourth-order valence-corrected chi connectivity index (χ4v) is 2.89. The molecule has 0 radical (unpaired) electrons. The molecule has 0 atom stereocenters. The lowest BCUT2D eigenvalue weighted by Gasteiger charge is -2.08. The Bertz CT molecular complexity index is 791. The van der Waals surface area contributed by atoms with E-state index in [1.165, 1.54) is 6.07 Å². The molecule has 2 N–H and O–H groups in total. The zero-order chi connectivity index (χ0) is 15.0. The lowest BCUT2D eigenvalue weighted by atomic mass is 10.2. The van der Waals surface area contributed by atoms with Gasteiger partial charge in [0, 0.05) is 39.3 Å². The van der Waals surface area contributed by atoms with Crippen molar-refractivity contribution in [2.75, 3.05) is 0 Å². The van der Waals surface area contributed by atoms with Crippen molar-refractivity contribution in [1.82, 2.24) is 4.57 Å². The molecule has 0 saturated carbocycles. The van der Waals surface area contributed by atoms with Crippen LogP contribution in [-0.2, 0) is 13.1 Å². The lowest BCUT2D eigenvalue weighted by Crippen LogP contribution is -2.02. The summed E-state index contributed by atoms with van der Waals surface area (Å²) in [4.78, 5) is 0. The zero-order valence-corrected chi connectivity index (χ0v) is 12.6. The molecule has 0 bridgehead atoms. The van der Waals surface area contributed by atoms with Gasteiger partial charge >= 0.3 is 0 Å². The molecule has 21 heavy (non-hydrogen) atoms. The van der Waals surface area contributed by atoms with Gasteiger partial charge in [0.2, 0.25) is 0 Å². The maximum atomic E-state index is 13.9. The van der Waals surface area contributed by atoms with E-state index >= 15 is 0 Å². The Hall–Kier alpha value is -1.55. The van der Waals surface area contributed by atoms with Crippen LogP contribution in [0.3, 0.4) is 0 Å². The molecule has 108 valence electrons. The molecular weight excluding hydrogens is 310 g/mol. The molecule has 3 rings (SSSR count). The van der Waals surface area contributed by atoms with Crippen LogP contribution in [0.25, 0.3) is 10.9 Å². The number of halogens is 3. The fraction of sp³-hybridized carbons (Fsp3) is 0.125. The second kappa shape index (κ2) is 5.68. The summed E-state index contributed by atoms with van der Waals surface area (Å²) in [7, 11) is 0. The van der Waals surface area contributed by atoms with Gasteiger partial charge in [-0.25, -0.2) is 4.39 Å². The minimum absolute atomic E-state index is 0.312. The molecule has 1 heterocycles. The van der Waals surface area contributed by atoms with Crippen LogP contribution in [0.4, 0.5) is 4.39 Å². The Morgan fingerprint density at radius 2 is 1.95 bits per heavy atom. The number of benzene rings is 2. The number of rotatable bonds is 3. The van der Waals surface area contributed by atoms with Crippen LogP contribution in [0, 0.1) is 5.82 Å². The SMILES string of the molecule is NCc1cn(Cc2c(F)cccc2Cl)c2ccc(Cl)cc12. The lowest BCUT2D eigenvalue weighted by molar-refractivity contribution is 0.602. The Labute approximate surface area is 131 Å². The first kappa shape index (κ1) is 14.4. The standard InChI is InChI=1S/C16H13Cl2FN2/c17-11-4-5-16-12(6-11)10(7-20)8-21(16)9-13-14(18)2-1-3-15(13)19/h1-6,8H,7,9,20H2. The Kier molecular flexibility index (Phi) is 3.89. The molecule has 0 saturated heterocycles. The van der Waals surface area contributed by atoms with Crippen LogP contribution >= 0.6 is 23.2 Å². The topological polar surface area (TPSA) is 30.9 Å². The summed E-state index contributed by atoms with van der Waals surface area (Å²) in [6.07, 6.45) is 1.92. The van der Waals surface area contributed by atoms with Gasteiger partial charge in [-0.3, -0.25) is 0 Å². The van der Waals surface area contributed by atoms with Crippen molar-refractivity contribution < 1.29 is 4.39 Å². The summed E-state index contributed by atoms with van der Waals surface area (Å²) in [6.45, 7) is 0.748. The van der Waals surface area contributed by atoms with E-state index in [9.17, 15) is 4.39 Å². The summed E-state index contributed by atoms with van der Waals surface area (Å²) in [5.74, 6) is -0.312. The highest BCUT2D eigenvalue weighted by Crippen LogP contribution is 2.27. The van der Waals surface area contributed by atoms with Gasteiger partial charge in [-0.2, -0.15) is 0 Å². The van der Waals surface area contributed by atoms with Gasteiger partial charge in [-0.05, 0) is 35.9 Å². The van der Waals surface area contributed by atoms with E-state index in [0.717, 1.165) is 16.5 Å². The van der Waals surface area contributed by atoms with Crippen molar-refractivity contribution in [1.29, 1.82) is 0 Å². The third kappa shape index (κ3) is 2.64. The van der Waals surface area contributed by atoms with Gasteiger partial charge in [-0.15, -0.1) is 0 Å². The zero-order valence-electron chi connectivity index (χ0n) is 11.1. The van der Waals surface area contributed by atoms with E-state index in [-0.39, 0.29) is 5.82 Å². The smallest absolute Gasteiger partial charge is 0.129 e. The van der Waals surface area contributed by atoms with Crippen LogP contribution in [0.15, 0.2) is 42.6 Å². The molecule has 0 aliphatic rings. The maximum absolute atomic E-state index is 13.9. The van der Waals surface area contributed by atoms with Crippen LogP contribution in [0.1, 0.15) is 11.1 Å². The number of hydrogen-bond donors (Lipinski definition) is 1. The maximum Gasteiger partial charge on any atom is 0.129 e. The van der Waals surface area contributed by atoms with E-state index < -0.39 is 0 Å². The van der Waals surface area contributed by atoms with E-state index in [1.54, 1.807) is 12.1 Å². The largest absolute Gasteiger partial charge is 0.343 e. The summed E-state index contributed by atoms with van der Waals surface area (Å²) in [5, 5.41) is 2.05. The predicted octanol–water partition coefficient (Wildman–Crippen LogP) is 4.59. The van der Waals surface area contributed by atoms with Crippen molar-refractivity contribution in [2.45, 2.75) is 13.1 Å². The summed E-state index contributed by atoms with van der Waals surface area (Å²) in [5.41, 5.74) is 8.17. The first-order valence-corrected chi connectivity index (χ1v) is 7.26. The van der Waals surface area contributed by atoms with Crippen LogP contribution in [0.2, 0.25) is 10.0 Å². The Morgan fingerprint density at radius 1 is 1.14 bits per heavy atom. The highest BCUT2D eigenvalue weighted by Gasteiger charge is 2.12. The molecular formula is C16H13Cl2FN2. The van der Waals surface area contributed by atoms with Gasteiger partial charge < -0.3 is 10.3 Å². The van der Waals surface area contributed by atoms with Gasteiger partial charge in [-0.1, -0.05) is 29.3 Å². The monoisotopic (exact) mass is 322 g/mol. The van der Waals surface area contributed by atoms with Crippen LogP contribution in [-0.4, -0.2) is 4.57 Å². The van der Waals surface area contributed by atoms with Crippen LogP contribution in [0.5, 0.6) is 0 Å². The molecule has 0 aliphatic heterocycles. The molecule has 1 aromatic heterocycles. The number of aromatic nitrogens is 1. The van der Waals surface area contributed by atoms with E-state index in [1.807, 2.05) is 29.0 Å². The molecule has 0 spiro atoms. The molecule has 0 fully saturated rings. The minimum atomic E-state index is -0.312. The highest BCUT2D eigenvalue weighted by molar-refractivity contribution is 6.31. The van der Waals surface area contributed by atoms with E-state index in [0.29, 0.717) is 28.7 Å². The third-order valence-electron chi connectivity index (χ3n) is 3.54. The quantitative estimate of drug-likeness (QED) is 0.751. The molecule has 0 amide bonds. The number of nitrogens with zero attached hydrogens (tertiary/aromatic N) is 1. The van der Waals surface area contributed by atoms with Crippen molar-refractivity contribution in [2.24, 2.45) is 5.73 Å². The predicted molar refractivity (Wildman–Crippen MR) is 85.4 cm³/mol. The summed E-state index contributed by atoms with van der Waals surface area (Å²) < 4.78 is 15.9. The fourth-order valence-electron chi connectivity index (χ4n) is 2.49. The molecule has 0 aliphatic carbocycles. The molecule has 2 nitrogen and oxygen atoms in total. The van der Waals surface area contributed by atoms with Gasteiger partial charge in [0.15, 0.2) is 0 Å². The van der Waals surface area contributed by atoms with Crippen molar-refractivity contribution >= 4 is 34.1 Å². The second-order valence-corrected chi connectivity index (χ2v) is 5.69. The Balaban J connectivity index is 2.13. The third-order valence-corrected chi connectivity index (χ3v) is 4.12. The van der Waals surface area contributed by atoms with Crippen LogP contribution < -0.4 is 5.73 Å². The summed E-state index contributed by atoms with van der Waals surface area (Å²) in [6, 6.07) is 10.3.